The molecule has 41 heavy (non-hydrogen) atoms. The molecule has 1 aromatic rings. The van der Waals surface area contributed by atoms with Crippen LogP contribution in [0.15, 0.2) is 55.6 Å². The third kappa shape index (κ3) is 5.48. The van der Waals surface area contributed by atoms with Crippen LogP contribution in [0.4, 0.5) is 5.69 Å². The molecule has 224 valence electrons. The summed E-state index contributed by atoms with van der Waals surface area (Å²) < 4.78 is 6.69. The molecule has 3 heterocycles. The van der Waals surface area contributed by atoms with Crippen LogP contribution in [-0.2, 0) is 19.1 Å². The molecule has 1 N–H and O–H groups in total. The van der Waals surface area contributed by atoms with E-state index in [1.165, 1.54) is 0 Å². The maximum atomic E-state index is 14.5. The van der Waals surface area contributed by atoms with Crippen molar-refractivity contribution in [2.75, 3.05) is 31.1 Å². The highest BCUT2D eigenvalue weighted by Crippen LogP contribution is 2.59. The van der Waals surface area contributed by atoms with Gasteiger partial charge in [-0.15, -0.1) is 13.2 Å². The summed E-state index contributed by atoms with van der Waals surface area (Å²) in [6, 6.07) is 7.92. The van der Waals surface area contributed by atoms with Gasteiger partial charge in [-0.3, -0.25) is 14.4 Å². The first-order valence-electron chi connectivity index (χ1n) is 15.3. The highest BCUT2D eigenvalue weighted by molar-refractivity contribution is 6.03. The third-order valence-electron chi connectivity index (χ3n) is 9.44. The maximum Gasteiger partial charge on any atom is 0.248 e. The van der Waals surface area contributed by atoms with Crippen molar-refractivity contribution in [3.63, 3.8) is 0 Å². The van der Waals surface area contributed by atoms with Crippen LogP contribution >= 0.6 is 0 Å². The molecule has 7 atom stereocenters. The molecule has 0 saturated carbocycles. The number of unbranched alkanes of at least 4 members (excludes halogenated alkanes) is 2. The van der Waals surface area contributed by atoms with E-state index in [0.29, 0.717) is 32.5 Å². The molecule has 0 aliphatic carbocycles. The molecule has 0 aromatic heterocycles. The van der Waals surface area contributed by atoms with E-state index in [0.717, 1.165) is 31.4 Å². The highest BCUT2D eigenvalue weighted by Gasteiger charge is 2.75. The lowest BCUT2D eigenvalue weighted by Crippen LogP contribution is -2.59. The standard InChI is InChI=1S/C33H47N3O5/c1-6-10-14-21-34(19-7-2)32(40)29-33-18-17-26(41-33)27(28(33)31(39)36(29)25(22-37)23(5)9-4)30(38)35(20-8-3)24-15-12-11-13-16-24/h7-8,11-13,15-16,23,25-29,37H,2-3,6,9-10,14,17-22H2,1,4-5H3/t23-,25-,26-,27+,28-,29?,33?/m0/s1. The predicted octanol–water partition coefficient (Wildman–Crippen LogP) is 4.19. The Morgan fingerprint density at radius 2 is 1.85 bits per heavy atom. The van der Waals surface area contributed by atoms with Crippen LogP contribution in [0.2, 0.25) is 0 Å². The number of rotatable bonds is 15. The molecule has 3 aliphatic heterocycles. The number of aliphatic hydroxyl groups excluding tert-OH is 1. The number of nitrogens with zero attached hydrogens (tertiary/aromatic N) is 3. The van der Waals surface area contributed by atoms with E-state index in [2.05, 4.69) is 20.1 Å². The summed E-state index contributed by atoms with van der Waals surface area (Å²) in [6.45, 7) is 14.8. The normalized spacial score (nSPS) is 27.8. The molecule has 8 heteroatoms. The van der Waals surface area contributed by atoms with Crippen molar-refractivity contribution in [1.82, 2.24) is 9.80 Å². The number of para-hydroxylation sites is 1. The van der Waals surface area contributed by atoms with Crippen molar-refractivity contribution >= 4 is 23.4 Å². The predicted molar refractivity (Wildman–Crippen MR) is 160 cm³/mol. The Kier molecular flexibility index (Phi) is 10.1. The average molecular weight is 566 g/mol. The van der Waals surface area contributed by atoms with Gasteiger partial charge in [0.1, 0.15) is 11.6 Å². The third-order valence-corrected chi connectivity index (χ3v) is 9.44. The van der Waals surface area contributed by atoms with Gasteiger partial charge in [0, 0.05) is 25.3 Å². The fourth-order valence-electron chi connectivity index (χ4n) is 7.24. The molecule has 3 amide bonds. The number of anilines is 1. The van der Waals surface area contributed by atoms with Crippen LogP contribution in [0.1, 0.15) is 59.3 Å². The lowest BCUT2D eigenvalue weighted by molar-refractivity contribution is -0.152. The zero-order chi connectivity index (χ0) is 29.7. The van der Waals surface area contributed by atoms with Crippen LogP contribution < -0.4 is 4.90 Å². The number of hydrogen-bond acceptors (Lipinski definition) is 5. The Labute approximate surface area is 245 Å². The van der Waals surface area contributed by atoms with Gasteiger partial charge in [0.05, 0.1) is 30.6 Å². The summed E-state index contributed by atoms with van der Waals surface area (Å²) in [4.78, 5) is 48.4. The largest absolute Gasteiger partial charge is 0.394 e. The Morgan fingerprint density at radius 3 is 2.46 bits per heavy atom. The van der Waals surface area contributed by atoms with Crippen molar-refractivity contribution in [3.05, 3.63) is 55.6 Å². The van der Waals surface area contributed by atoms with Crippen molar-refractivity contribution in [1.29, 1.82) is 0 Å². The number of hydrogen-bond donors (Lipinski definition) is 1. The van der Waals surface area contributed by atoms with Gasteiger partial charge in [-0.1, -0.05) is 70.4 Å². The van der Waals surface area contributed by atoms with Crippen LogP contribution in [0, 0.1) is 17.8 Å². The molecule has 2 unspecified atom stereocenters. The smallest absolute Gasteiger partial charge is 0.248 e. The van der Waals surface area contributed by atoms with Crippen LogP contribution in [0.25, 0.3) is 0 Å². The Hall–Kier alpha value is -2.97. The van der Waals surface area contributed by atoms with Gasteiger partial charge >= 0.3 is 0 Å². The molecule has 1 spiro atoms. The SMILES string of the molecule is C=CCN(CCCCC)C(=O)C1N([C@@H](CO)[C@@H](C)CC)C(=O)[C@@H]2[C@H](C(=O)N(CC=C)c3ccccc3)[C@@H]3CCC12O3. The highest BCUT2D eigenvalue weighted by atomic mass is 16.5. The zero-order valence-electron chi connectivity index (χ0n) is 24.9. The number of carbonyl (C=O) groups excluding carboxylic acids is 3. The van der Waals surface area contributed by atoms with E-state index in [1.54, 1.807) is 26.9 Å². The van der Waals surface area contributed by atoms with E-state index in [-0.39, 0.29) is 30.2 Å². The number of aliphatic hydroxyl groups is 1. The minimum absolute atomic E-state index is 0.0460. The monoisotopic (exact) mass is 565 g/mol. The van der Waals surface area contributed by atoms with Gasteiger partial charge in [-0.05, 0) is 37.3 Å². The fraction of sp³-hybridized carbons (Fsp3) is 0.606. The van der Waals surface area contributed by atoms with E-state index in [1.807, 2.05) is 44.2 Å². The zero-order valence-corrected chi connectivity index (χ0v) is 24.9. The molecule has 8 nitrogen and oxygen atoms in total. The van der Waals surface area contributed by atoms with Gasteiger partial charge in [0.2, 0.25) is 17.7 Å². The van der Waals surface area contributed by atoms with E-state index in [9.17, 15) is 19.5 Å². The summed E-state index contributed by atoms with van der Waals surface area (Å²) in [5.41, 5.74) is -0.383. The van der Waals surface area contributed by atoms with Gasteiger partial charge in [-0.25, -0.2) is 0 Å². The fourth-order valence-corrected chi connectivity index (χ4v) is 7.24. The number of benzene rings is 1. The van der Waals surface area contributed by atoms with Crippen molar-refractivity contribution in [2.45, 2.75) is 83.1 Å². The van der Waals surface area contributed by atoms with Crippen LogP contribution in [0.3, 0.4) is 0 Å². The number of carbonyl (C=O) groups is 3. The quantitative estimate of drug-likeness (QED) is 0.254. The van der Waals surface area contributed by atoms with Gasteiger partial charge in [0.25, 0.3) is 0 Å². The Morgan fingerprint density at radius 1 is 1.15 bits per heavy atom. The van der Waals surface area contributed by atoms with Crippen molar-refractivity contribution in [2.24, 2.45) is 17.8 Å². The molecule has 2 bridgehead atoms. The van der Waals surface area contributed by atoms with Crippen LogP contribution in [0.5, 0.6) is 0 Å². The first kappa shape index (κ1) is 31.0. The van der Waals surface area contributed by atoms with E-state index < -0.39 is 35.6 Å². The number of amides is 3. The van der Waals surface area contributed by atoms with E-state index in [4.69, 9.17) is 4.74 Å². The summed E-state index contributed by atoms with van der Waals surface area (Å²) in [5, 5.41) is 10.6. The molecular weight excluding hydrogens is 518 g/mol. The minimum Gasteiger partial charge on any atom is -0.394 e. The molecular formula is C33H47N3O5. The lowest BCUT2D eigenvalue weighted by Gasteiger charge is -2.41. The van der Waals surface area contributed by atoms with Gasteiger partial charge in [-0.2, -0.15) is 0 Å². The minimum atomic E-state index is -1.11. The second-order valence-corrected chi connectivity index (χ2v) is 11.8. The summed E-state index contributed by atoms with van der Waals surface area (Å²) in [6.07, 6.45) is 7.65. The molecule has 0 radical (unpaired) electrons. The molecule has 3 aliphatic rings. The topological polar surface area (TPSA) is 90.4 Å². The first-order chi connectivity index (χ1) is 19.8. The van der Waals surface area contributed by atoms with Crippen molar-refractivity contribution < 1.29 is 24.2 Å². The number of fused-ring (bicyclic) bond motifs is 1. The number of ether oxygens (including phenoxy) is 1. The molecule has 3 saturated heterocycles. The van der Waals surface area contributed by atoms with Crippen molar-refractivity contribution in [3.8, 4) is 0 Å². The van der Waals surface area contributed by atoms with Gasteiger partial charge in [0.15, 0.2) is 0 Å². The summed E-state index contributed by atoms with van der Waals surface area (Å²) in [7, 11) is 0. The summed E-state index contributed by atoms with van der Waals surface area (Å²) >= 11 is 0. The summed E-state index contributed by atoms with van der Waals surface area (Å²) in [5.74, 6) is -2.20. The Bertz CT molecular complexity index is 1110. The lowest BCUT2D eigenvalue weighted by atomic mass is 9.70. The van der Waals surface area contributed by atoms with Crippen LogP contribution in [-0.4, -0.2) is 82.7 Å². The molecule has 1 aromatic carbocycles. The number of likely N-dealkylation sites (tertiary alicyclic amines) is 1. The molecule has 4 rings (SSSR count). The van der Waals surface area contributed by atoms with Gasteiger partial charge < -0.3 is 24.5 Å². The van der Waals surface area contributed by atoms with E-state index >= 15 is 0 Å². The maximum absolute atomic E-state index is 14.5. The second-order valence-electron chi connectivity index (χ2n) is 11.8. The molecule has 3 fully saturated rings. The average Bonchev–Trinajstić information content (AvgIpc) is 3.63. The first-order valence-corrected chi connectivity index (χ1v) is 15.3. The second kappa shape index (κ2) is 13.3. The Balaban J connectivity index is 1.78.